The Labute approximate surface area is 125 Å². The van der Waals surface area contributed by atoms with Crippen molar-refractivity contribution in [1.29, 1.82) is 0 Å². The number of nitrogens with one attached hydrogen (secondary N) is 2. The van der Waals surface area contributed by atoms with Gasteiger partial charge in [0.15, 0.2) is 11.6 Å². The highest BCUT2D eigenvalue weighted by Gasteiger charge is 2.05. The molecule has 8 heteroatoms. The third-order valence-corrected chi connectivity index (χ3v) is 2.82. The molecule has 0 aliphatic rings. The molecule has 6 nitrogen and oxygen atoms in total. The number of carbonyl (C=O) groups is 1. The number of benzene rings is 1. The van der Waals surface area contributed by atoms with Crippen molar-refractivity contribution >= 4 is 46.6 Å². The molecule has 1 heterocycles. The number of carbonyl (C=O) groups excluding carboxylic acids is 1. The number of methoxy groups -OCH3 is 1. The Morgan fingerprint density at radius 2 is 1.85 bits per heavy atom. The van der Waals surface area contributed by atoms with E-state index in [1.54, 1.807) is 30.3 Å². The van der Waals surface area contributed by atoms with Gasteiger partial charge in [-0.15, -0.1) is 10.2 Å². The summed E-state index contributed by atoms with van der Waals surface area (Å²) < 4.78 is 4.44. The van der Waals surface area contributed by atoms with Gasteiger partial charge in [-0.1, -0.05) is 23.2 Å². The van der Waals surface area contributed by atoms with Gasteiger partial charge in [0, 0.05) is 5.02 Å². The molecule has 2 rings (SSSR count). The number of amides is 1. The van der Waals surface area contributed by atoms with Gasteiger partial charge in [-0.3, -0.25) is 5.32 Å². The number of hydrogen-bond donors (Lipinski definition) is 2. The number of halogens is 2. The highest BCUT2D eigenvalue weighted by atomic mass is 35.5. The molecular weight excluding hydrogens is 303 g/mol. The molecule has 0 unspecified atom stereocenters. The molecule has 0 aliphatic heterocycles. The monoisotopic (exact) mass is 312 g/mol. The Morgan fingerprint density at radius 3 is 2.45 bits per heavy atom. The summed E-state index contributed by atoms with van der Waals surface area (Å²) in [4.78, 5) is 11.0. The highest BCUT2D eigenvalue weighted by Crippen LogP contribution is 2.27. The zero-order valence-electron chi connectivity index (χ0n) is 10.4. The third-order valence-electron chi connectivity index (χ3n) is 2.27. The fourth-order valence-electron chi connectivity index (χ4n) is 1.35. The van der Waals surface area contributed by atoms with Crippen molar-refractivity contribution in [3.8, 4) is 0 Å². The summed E-state index contributed by atoms with van der Waals surface area (Å²) in [5.41, 5.74) is 0.652. The Bertz CT molecular complexity index is 619. The topological polar surface area (TPSA) is 76.1 Å². The maximum atomic E-state index is 11.0. The van der Waals surface area contributed by atoms with Crippen molar-refractivity contribution in [3.05, 3.63) is 40.4 Å². The van der Waals surface area contributed by atoms with Crippen LogP contribution < -0.4 is 10.6 Å². The minimum Gasteiger partial charge on any atom is -0.453 e. The van der Waals surface area contributed by atoms with Crippen LogP contribution >= 0.6 is 23.2 Å². The molecule has 20 heavy (non-hydrogen) atoms. The standard InChI is InChI=1S/C12H10Cl2N4O2/c1-20-12(19)16-11-5-4-10(17-18-11)15-9-3-2-7(13)6-8(9)14/h2-6H,1H3,(H,15,17)(H,16,18,19). The van der Waals surface area contributed by atoms with Crippen molar-refractivity contribution in [3.63, 3.8) is 0 Å². The molecule has 104 valence electrons. The van der Waals surface area contributed by atoms with Gasteiger partial charge < -0.3 is 10.1 Å². The van der Waals surface area contributed by atoms with Gasteiger partial charge in [0.25, 0.3) is 0 Å². The number of rotatable bonds is 3. The van der Waals surface area contributed by atoms with E-state index < -0.39 is 6.09 Å². The molecule has 0 saturated carbocycles. The Morgan fingerprint density at radius 1 is 1.15 bits per heavy atom. The van der Waals surface area contributed by atoms with Crippen molar-refractivity contribution < 1.29 is 9.53 Å². The fourth-order valence-corrected chi connectivity index (χ4v) is 1.81. The SMILES string of the molecule is COC(=O)Nc1ccc(Nc2ccc(Cl)cc2Cl)nn1. The van der Waals surface area contributed by atoms with Gasteiger partial charge in [-0.25, -0.2) is 4.79 Å². The van der Waals surface area contributed by atoms with Gasteiger partial charge in [-0.05, 0) is 30.3 Å². The number of nitrogens with zero attached hydrogens (tertiary/aromatic N) is 2. The molecule has 0 bridgehead atoms. The lowest BCUT2D eigenvalue weighted by Crippen LogP contribution is -2.12. The Hall–Kier alpha value is -2.05. The lowest BCUT2D eigenvalue weighted by Gasteiger charge is -2.08. The van der Waals surface area contributed by atoms with Gasteiger partial charge in [0.05, 0.1) is 17.8 Å². The van der Waals surface area contributed by atoms with Gasteiger partial charge in [0.1, 0.15) is 0 Å². The maximum absolute atomic E-state index is 11.0. The number of hydrogen-bond acceptors (Lipinski definition) is 5. The van der Waals surface area contributed by atoms with E-state index >= 15 is 0 Å². The van der Waals surface area contributed by atoms with Crippen LogP contribution in [0.5, 0.6) is 0 Å². The molecule has 0 radical (unpaired) electrons. The first-order valence-electron chi connectivity index (χ1n) is 5.49. The maximum Gasteiger partial charge on any atom is 0.412 e. The average molecular weight is 313 g/mol. The molecule has 0 atom stereocenters. The first kappa shape index (κ1) is 14.4. The predicted molar refractivity (Wildman–Crippen MR) is 77.8 cm³/mol. The molecule has 0 spiro atoms. The van der Waals surface area contributed by atoms with Crippen molar-refractivity contribution in [2.24, 2.45) is 0 Å². The molecule has 0 fully saturated rings. The zero-order chi connectivity index (χ0) is 14.5. The van der Waals surface area contributed by atoms with Gasteiger partial charge in [-0.2, -0.15) is 0 Å². The van der Waals surface area contributed by atoms with Crippen LogP contribution in [0.2, 0.25) is 10.0 Å². The van der Waals surface area contributed by atoms with Crippen LogP contribution in [-0.2, 0) is 4.74 Å². The lowest BCUT2D eigenvalue weighted by atomic mass is 10.3. The van der Waals surface area contributed by atoms with E-state index in [1.165, 1.54) is 7.11 Å². The van der Waals surface area contributed by atoms with E-state index in [1.807, 2.05) is 0 Å². The third kappa shape index (κ3) is 3.72. The van der Waals surface area contributed by atoms with Crippen LogP contribution in [0, 0.1) is 0 Å². The molecule has 2 N–H and O–H groups in total. The minimum atomic E-state index is -0.610. The number of ether oxygens (including phenoxy) is 1. The number of anilines is 3. The van der Waals surface area contributed by atoms with Gasteiger partial charge in [0.2, 0.25) is 0 Å². The number of aromatic nitrogens is 2. The largest absolute Gasteiger partial charge is 0.453 e. The van der Waals surface area contributed by atoms with Crippen molar-refractivity contribution in [2.75, 3.05) is 17.7 Å². The minimum absolute atomic E-state index is 0.282. The van der Waals surface area contributed by atoms with E-state index in [0.717, 1.165) is 0 Å². The summed E-state index contributed by atoms with van der Waals surface area (Å²) in [6, 6.07) is 8.27. The average Bonchev–Trinajstić information content (AvgIpc) is 2.44. The van der Waals surface area contributed by atoms with Crippen molar-refractivity contribution in [1.82, 2.24) is 10.2 Å². The van der Waals surface area contributed by atoms with Crippen LogP contribution in [0.1, 0.15) is 0 Å². The molecular formula is C12H10Cl2N4O2. The molecule has 0 saturated heterocycles. The van der Waals surface area contributed by atoms with Crippen LogP contribution in [0.4, 0.5) is 22.1 Å². The Kier molecular flexibility index (Phi) is 4.60. The van der Waals surface area contributed by atoms with Crippen molar-refractivity contribution in [2.45, 2.75) is 0 Å². The molecule has 1 aromatic heterocycles. The van der Waals surface area contributed by atoms with Crippen LogP contribution in [0.15, 0.2) is 30.3 Å². The first-order chi connectivity index (χ1) is 9.58. The quantitative estimate of drug-likeness (QED) is 0.903. The van der Waals surface area contributed by atoms with E-state index in [4.69, 9.17) is 23.2 Å². The summed E-state index contributed by atoms with van der Waals surface area (Å²) in [6.45, 7) is 0. The summed E-state index contributed by atoms with van der Waals surface area (Å²) in [5, 5.41) is 14.1. The molecule has 0 aliphatic carbocycles. The predicted octanol–water partition coefficient (Wildman–Crippen LogP) is 3.71. The van der Waals surface area contributed by atoms with Crippen LogP contribution in [0.3, 0.4) is 0 Å². The molecule has 2 aromatic rings. The molecule has 1 aromatic carbocycles. The summed E-state index contributed by atoms with van der Waals surface area (Å²) >= 11 is 11.8. The molecule has 1 amide bonds. The van der Waals surface area contributed by atoms with Gasteiger partial charge >= 0.3 is 6.09 Å². The second-order valence-electron chi connectivity index (χ2n) is 3.67. The summed E-state index contributed by atoms with van der Waals surface area (Å²) in [7, 11) is 1.27. The Balaban J connectivity index is 2.08. The smallest absolute Gasteiger partial charge is 0.412 e. The zero-order valence-corrected chi connectivity index (χ0v) is 11.9. The first-order valence-corrected chi connectivity index (χ1v) is 6.25. The summed E-state index contributed by atoms with van der Waals surface area (Å²) in [6.07, 6.45) is -0.610. The van der Waals surface area contributed by atoms with Crippen LogP contribution in [0.25, 0.3) is 0 Å². The van der Waals surface area contributed by atoms with E-state index in [0.29, 0.717) is 21.6 Å². The second kappa shape index (κ2) is 6.40. The summed E-state index contributed by atoms with van der Waals surface area (Å²) in [5.74, 6) is 0.759. The van der Waals surface area contributed by atoms with E-state index in [2.05, 4.69) is 25.6 Å². The normalized spacial score (nSPS) is 9.95. The lowest BCUT2D eigenvalue weighted by molar-refractivity contribution is 0.187. The second-order valence-corrected chi connectivity index (χ2v) is 4.51. The van der Waals surface area contributed by atoms with Crippen LogP contribution in [-0.4, -0.2) is 23.4 Å². The highest BCUT2D eigenvalue weighted by molar-refractivity contribution is 6.36. The fraction of sp³-hybridized carbons (Fsp3) is 0.0833. The van der Waals surface area contributed by atoms with E-state index in [9.17, 15) is 4.79 Å². The van der Waals surface area contributed by atoms with E-state index in [-0.39, 0.29) is 5.82 Å².